The van der Waals surface area contributed by atoms with E-state index < -0.39 is 0 Å². The van der Waals surface area contributed by atoms with Gasteiger partial charge < -0.3 is 10.6 Å². The van der Waals surface area contributed by atoms with Crippen LogP contribution in [-0.4, -0.2) is 10.9 Å². The molecule has 2 N–H and O–H groups in total. The van der Waals surface area contributed by atoms with Gasteiger partial charge in [-0.15, -0.1) is 0 Å². The van der Waals surface area contributed by atoms with Crippen LogP contribution in [-0.2, 0) is 6.54 Å². The van der Waals surface area contributed by atoms with Gasteiger partial charge in [-0.1, -0.05) is 48.0 Å². The fourth-order valence-electron chi connectivity index (χ4n) is 2.44. The molecule has 1 heterocycles. The number of para-hydroxylation sites is 1. The summed E-state index contributed by atoms with van der Waals surface area (Å²) in [6.45, 7) is 2.50. The third-order valence-corrected chi connectivity index (χ3v) is 4.18. The van der Waals surface area contributed by atoms with Crippen molar-refractivity contribution >= 4 is 28.9 Å². The fraction of sp³-hybridized carbons (Fsp3) is 0.100. The fourth-order valence-corrected chi connectivity index (χ4v) is 2.62. The van der Waals surface area contributed by atoms with Gasteiger partial charge in [0.05, 0.1) is 28.2 Å². The second kappa shape index (κ2) is 7.81. The number of aromatic nitrogens is 1. The molecule has 0 spiro atoms. The Balaban J connectivity index is 1.69. The highest BCUT2D eigenvalue weighted by Gasteiger charge is 2.08. The molecule has 1 aromatic heterocycles. The number of nitrogens with one attached hydrogen (secondary N) is 2. The monoisotopic (exact) mass is 351 g/mol. The molecule has 0 aliphatic rings. The lowest BCUT2D eigenvalue weighted by Crippen LogP contribution is -2.23. The number of benzene rings is 2. The number of carbonyl (C=O) groups is 1. The van der Waals surface area contributed by atoms with E-state index in [2.05, 4.69) is 15.6 Å². The molecule has 2 aromatic carbocycles. The zero-order chi connectivity index (χ0) is 17.6. The second-order valence-corrected chi connectivity index (χ2v) is 6.08. The summed E-state index contributed by atoms with van der Waals surface area (Å²) in [7, 11) is 0. The summed E-state index contributed by atoms with van der Waals surface area (Å²) in [5.41, 5.74) is 4.20. The van der Waals surface area contributed by atoms with Gasteiger partial charge in [-0.3, -0.25) is 9.78 Å². The maximum Gasteiger partial charge on any atom is 0.253 e. The van der Waals surface area contributed by atoms with Crippen LogP contribution in [0.25, 0.3) is 0 Å². The summed E-state index contributed by atoms with van der Waals surface area (Å²) in [5.74, 6) is -0.168. The number of carbonyl (C=O) groups excluding carboxylic acids is 1. The average molecular weight is 352 g/mol. The zero-order valence-electron chi connectivity index (χ0n) is 13.8. The first-order valence-corrected chi connectivity index (χ1v) is 8.30. The Hall–Kier alpha value is -2.85. The van der Waals surface area contributed by atoms with Crippen LogP contribution in [0.1, 0.15) is 21.5 Å². The third-order valence-electron chi connectivity index (χ3n) is 3.85. The van der Waals surface area contributed by atoms with E-state index in [1.165, 1.54) is 0 Å². The van der Waals surface area contributed by atoms with Gasteiger partial charge in [-0.25, -0.2) is 0 Å². The number of aryl methyl sites for hydroxylation is 1. The van der Waals surface area contributed by atoms with Crippen LogP contribution >= 0.6 is 11.6 Å². The molecule has 126 valence electrons. The third kappa shape index (κ3) is 4.37. The summed E-state index contributed by atoms with van der Waals surface area (Å²) in [5, 5.41) is 6.71. The van der Waals surface area contributed by atoms with Crippen molar-refractivity contribution in [2.75, 3.05) is 5.32 Å². The molecule has 5 heteroatoms. The normalized spacial score (nSPS) is 10.3. The van der Waals surface area contributed by atoms with Gasteiger partial charge in [-0.2, -0.15) is 0 Å². The van der Waals surface area contributed by atoms with Crippen LogP contribution in [0, 0.1) is 6.92 Å². The van der Waals surface area contributed by atoms with Crippen molar-refractivity contribution in [3.8, 4) is 0 Å². The molecule has 0 atom stereocenters. The highest BCUT2D eigenvalue weighted by atomic mass is 35.5. The van der Waals surface area contributed by atoms with E-state index in [1.807, 2.05) is 49.4 Å². The first-order chi connectivity index (χ1) is 12.1. The van der Waals surface area contributed by atoms with Gasteiger partial charge in [0.15, 0.2) is 0 Å². The number of hydrogen-bond donors (Lipinski definition) is 2. The molecule has 0 unspecified atom stereocenters. The molecule has 25 heavy (non-hydrogen) atoms. The Labute approximate surface area is 151 Å². The van der Waals surface area contributed by atoms with Crippen LogP contribution in [0.15, 0.2) is 67.0 Å². The Morgan fingerprint density at radius 3 is 2.64 bits per heavy atom. The lowest BCUT2D eigenvalue weighted by molar-refractivity contribution is 0.0950. The van der Waals surface area contributed by atoms with Gasteiger partial charge >= 0.3 is 0 Å². The molecule has 0 saturated heterocycles. The van der Waals surface area contributed by atoms with Gasteiger partial charge in [-0.05, 0) is 36.2 Å². The van der Waals surface area contributed by atoms with E-state index in [4.69, 9.17) is 11.6 Å². The Morgan fingerprint density at radius 1 is 1.08 bits per heavy atom. The minimum absolute atomic E-state index is 0.168. The average Bonchev–Trinajstić information content (AvgIpc) is 2.63. The summed E-state index contributed by atoms with van der Waals surface area (Å²) in [6.07, 6.45) is 3.20. The smallest absolute Gasteiger partial charge is 0.253 e. The summed E-state index contributed by atoms with van der Waals surface area (Å²) in [6, 6.07) is 17.1. The van der Waals surface area contributed by atoms with Crippen LogP contribution in [0.3, 0.4) is 0 Å². The summed E-state index contributed by atoms with van der Waals surface area (Å²) < 4.78 is 0. The lowest BCUT2D eigenvalue weighted by atomic mass is 10.1. The van der Waals surface area contributed by atoms with Crippen molar-refractivity contribution in [1.82, 2.24) is 10.3 Å². The highest BCUT2D eigenvalue weighted by molar-refractivity contribution is 6.33. The highest BCUT2D eigenvalue weighted by Crippen LogP contribution is 2.24. The van der Waals surface area contributed by atoms with Crippen molar-refractivity contribution in [2.24, 2.45) is 0 Å². The molecule has 0 bridgehead atoms. The topological polar surface area (TPSA) is 54.0 Å². The molecular formula is C20H18ClN3O. The lowest BCUT2D eigenvalue weighted by Gasteiger charge is -2.10. The number of anilines is 2. The van der Waals surface area contributed by atoms with E-state index in [1.54, 1.807) is 24.5 Å². The molecule has 0 fully saturated rings. The van der Waals surface area contributed by atoms with Crippen LogP contribution in [0.2, 0.25) is 5.02 Å². The van der Waals surface area contributed by atoms with Gasteiger partial charge in [0, 0.05) is 12.7 Å². The number of rotatable bonds is 5. The number of pyridine rings is 1. The number of nitrogens with zero attached hydrogens (tertiary/aromatic N) is 1. The van der Waals surface area contributed by atoms with E-state index in [0.717, 1.165) is 16.8 Å². The van der Waals surface area contributed by atoms with Crippen LogP contribution in [0.4, 0.5) is 11.4 Å². The largest absolute Gasteiger partial charge is 0.353 e. The van der Waals surface area contributed by atoms with Crippen molar-refractivity contribution in [3.05, 3.63) is 88.7 Å². The van der Waals surface area contributed by atoms with E-state index in [9.17, 15) is 4.79 Å². The number of amides is 1. The maximum absolute atomic E-state index is 12.4. The Bertz CT molecular complexity index is 895. The van der Waals surface area contributed by atoms with E-state index in [0.29, 0.717) is 22.8 Å². The molecule has 0 aliphatic heterocycles. The molecule has 1 amide bonds. The first-order valence-electron chi connectivity index (χ1n) is 7.93. The maximum atomic E-state index is 12.4. The SMILES string of the molecule is Cc1ccccc1CNC(=O)c1cncc(Nc2ccccc2Cl)c1. The molecule has 0 radical (unpaired) electrons. The van der Waals surface area contributed by atoms with Crippen molar-refractivity contribution in [3.63, 3.8) is 0 Å². The van der Waals surface area contributed by atoms with Gasteiger partial charge in [0.2, 0.25) is 0 Å². The number of hydrogen-bond acceptors (Lipinski definition) is 3. The Kier molecular flexibility index (Phi) is 5.31. The molecule has 3 rings (SSSR count). The number of halogens is 1. The molecule has 0 saturated carbocycles. The molecule has 3 aromatic rings. The van der Waals surface area contributed by atoms with Crippen molar-refractivity contribution in [2.45, 2.75) is 13.5 Å². The van der Waals surface area contributed by atoms with Gasteiger partial charge in [0.1, 0.15) is 0 Å². The molecule has 4 nitrogen and oxygen atoms in total. The molecule has 0 aliphatic carbocycles. The van der Waals surface area contributed by atoms with Crippen LogP contribution in [0.5, 0.6) is 0 Å². The first kappa shape index (κ1) is 17.0. The van der Waals surface area contributed by atoms with E-state index in [-0.39, 0.29) is 5.91 Å². The zero-order valence-corrected chi connectivity index (χ0v) is 14.5. The van der Waals surface area contributed by atoms with E-state index >= 15 is 0 Å². The molecular weight excluding hydrogens is 334 g/mol. The summed E-state index contributed by atoms with van der Waals surface area (Å²) in [4.78, 5) is 16.5. The van der Waals surface area contributed by atoms with Gasteiger partial charge in [0.25, 0.3) is 5.91 Å². The van der Waals surface area contributed by atoms with Crippen LogP contribution < -0.4 is 10.6 Å². The second-order valence-electron chi connectivity index (χ2n) is 5.68. The minimum atomic E-state index is -0.168. The Morgan fingerprint density at radius 2 is 1.84 bits per heavy atom. The quantitative estimate of drug-likeness (QED) is 0.699. The van der Waals surface area contributed by atoms with Crippen molar-refractivity contribution in [1.29, 1.82) is 0 Å². The predicted molar refractivity (Wildman–Crippen MR) is 101 cm³/mol. The van der Waals surface area contributed by atoms with Crippen molar-refractivity contribution < 1.29 is 4.79 Å². The minimum Gasteiger partial charge on any atom is -0.353 e. The standard InChI is InChI=1S/C20H18ClN3O/c1-14-6-2-3-7-15(14)12-23-20(25)16-10-17(13-22-11-16)24-19-9-5-4-8-18(19)21/h2-11,13,24H,12H2,1H3,(H,23,25). The summed E-state index contributed by atoms with van der Waals surface area (Å²) >= 11 is 6.15. The predicted octanol–water partition coefficient (Wildman–Crippen LogP) is 4.72.